The van der Waals surface area contributed by atoms with Gasteiger partial charge in [0.05, 0.1) is 5.56 Å². The number of hydrogen-bond acceptors (Lipinski definition) is 4. The van der Waals surface area contributed by atoms with E-state index < -0.39 is 17.8 Å². The Labute approximate surface area is 149 Å². The molecule has 0 saturated carbocycles. The molecule has 5 nitrogen and oxygen atoms in total. The zero-order chi connectivity index (χ0) is 18.6. The van der Waals surface area contributed by atoms with Crippen LogP contribution in [0, 0.1) is 0 Å². The monoisotopic (exact) mass is 364 g/mol. The van der Waals surface area contributed by atoms with E-state index >= 15 is 0 Å². The van der Waals surface area contributed by atoms with Gasteiger partial charge < -0.3 is 14.5 Å². The van der Waals surface area contributed by atoms with E-state index in [4.69, 9.17) is 4.74 Å². The molecule has 3 rings (SSSR count). The van der Waals surface area contributed by atoms with Crippen molar-refractivity contribution in [1.29, 1.82) is 0 Å². The van der Waals surface area contributed by atoms with Gasteiger partial charge in [-0.2, -0.15) is 13.2 Å². The third-order valence-electron chi connectivity index (χ3n) is 4.14. The molecule has 1 aromatic heterocycles. The average Bonchev–Trinajstić information content (AvgIpc) is 2.66. The first-order chi connectivity index (χ1) is 12.4. The fourth-order valence-corrected chi connectivity index (χ4v) is 2.67. The number of hydrogen-bond donors (Lipinski definition) is 0. The summed E-state index contributed by atoms with van der Waals surface area (Å²) in [6.07, 6.45) is -3.96. The Bertz CT molecular complexity index is 728. The van der Waals surface area contributed by atoms with Crippen molar-refractivity contribution in [1.82, 2.24) is 9.88 Å². The summed E-state index contributed by atoms with van der Waals surface area (Å²) >= 11 is 0. The molecule has 0 aliphatic carbocycles. The number of carbonyl (C=O) groups excluding carboxylic acids is 1. The topological polar surface area (TPSA) is 45.7 Å². The quantitative estimate of drug-likeness (QED) is 0.836. The molecule has 0 radical (unpaired) electrons. The summed E-state index contributed by atoms with van der Waals surface area (Å²) in [6.45, 7) is 2.03. The van der Waals surface area contributed by atoms with Gasteiger partial charge in [-0.1, -0.05) is 30.3 Å². The molecule has 0 unspecified atom stereocenters. The largest absolute Gasteiger partial charge is 0.445 e. The van der Waals surface area contributed by atoms with E-state index in [0.717, 1.165) is 17.8 Å². The average molecular weight is 364 g/mol. The molecular weight excluding hydrogens is 346 g/mol. The minimum Gasteiger partial charge on any atom is -0.445 e. The van der Waals surface area contributed by atoms with E-state index in [1.54, 1.807) is 4.90 Å². The number of carbonyl (C=O) groups is 1. The molecule has 138 valence electrons. The molecule has 0 atom stereocenters. The second-order valence-electron chi connectivity index (χ2n) is 5.92. The van der Waals surface area contributed by atoms with Gasteiger partial charge >= 0.3 is 12.3 Å². The highest BCUT2D eigenvalue weighted by atomic mass is 19.3. The van der Waals surface area contributed by atoms with Crippen LogP contribution in [0.1, 0.15) is 11.1 Å². The molecule has 1 aliphatic rings. The summed E-state index contributed by atoms with van der Waals surface area (Å²) < 4.78 is 43.0. The summed E-state index contributed by atoms with van der Waals surface area (Å²) in [5.41, 5.74) is 0.137. The predicted molar refractivity (Wildman–Crippen MR) is 89.7 cm³/mol. The fraction of sp³-hybridized carbons (Fsp3) is 0.333. The lowest BCUT2D eigenvalue weighted by Gasteiger charge is -2.34. The lowest BCUT2D eigenvalue weighted by molar-refractivity contribution is -0.137. The van der Waals surface area contributed by atoms with Crippen LogP contribution >= 0.6 is 0 Å². The van der Waals surface area contributed by atoms with Crippen LogP contribution in [-0.4, -0.2) is 42.2 Å². The van der Waals surface area contributed by atoms with E-state index in [1.807, 2.05) is 35.2 Å². The highest BCUT2D eigenvalue weighted by Gasteiger charge is 2.31. The van der Waals surface area contributed by atoms with Crippen LogP contribution in [0.3, 0.4) is 0 Å². The Balaban J connectivity index is 1.50. The van der Waals surface area contributed by atoms with Gasteiger partial charge in [-0.3, -0.25) is 0 Å². The maximum absolute atomic E-state index is 12.6. The third kappa shape index (κ3) is 4.44. The van der Waals surface area contributed by atoms with Crippen molar-refractivity contribution in [2.24, 2.45) is 0 Å². The van der Waals surface area contributed by atoms with Crippen molar-refractivity contribution in [2.75, 3.05) is 31.1 Å². The number of benzene rings is 1. The summed E-state index contributed by atoms with van der Waals surface area (Å²) in [4.78, 5) is 19.4. The maximum Gasteiger partial charge on any atom is 0.417 e. The third-order valence-corrected chi connectivity index (χ3v) is 4.14. The summed E-state index contributed by atoms with van der Waals surface area (Å²) in [5, 5.41) is 0. The number of amides is 1. The smallest absolute Gasteiger partial charge is 0.417 e. The van der Waals surface area contributed by atoms with E-state index in [9.17, 15) is 18.0 Å². The van der Waals surface area contributed by atoms with Gasteiger partial charge in [0.15, 0.2) is 0 Å². The Morgan fingerprint density at radius 3 is 2.31 bits per heavy atom. The number of rotatable bonds is 3. The first-order valence-electron chi connectivity index (χ1n) is 8.17. The lowest BCUT2D eigenvalue weighted by Crippen LogP contribution is -2.49. The molecule has 26 heavy (non-hydrogen) atoms. The van der Waals surface area contributed by atoms with E-state index in [2.05, 4.69) is 4.98 Å². The predicted octanol–water partition coefficient (Wildman–Crippen LogP) is 3.56. The van der Waals surface area contributed by atoms with Crippen LogP contribution in [0.15, 0.2) is 48.7 Å². The number of pyridine rings is 1. The van der Waals surface area contributed by atoms with Crippen LogP contribution in [0.5, 0.6) is 0 Å². The number of piperazine rings is 1. The van der Waals surface area contributed by atoms with Gasteiger partial charge in [-0.25, -0.2) is 9.78 Å². The number of ether oxygens (including phenoxy) is 1. The first-order valence-corrected chi connectivity index (χ1v) is 8.17. The van der Waals surface area contributed by atoms with Crippen LogP contribution in [0.2, 0.25) is 0 Å². The fourth-order valence-electron chi connectivity index (χ4n) is 2.67. The Morgan fingerprint density at radius 1 is 1.04 bits per heavy atom. The van der Waals surface area contributed by atoms with E-state index in [0.29, 0.717) is 32.0 Å². The molecule has 0 bridgehead atoms. The van der Waals surface area contributed by atoms with Gasteiger partial charge in [0.1, 0.15) is 12.4 Å². The first kappa shape index (κ1) is 18.0. The van der Waals surface area contributed by atoms with Crippen molar-refractivity contribution >= 4 is 11.9 Å². The minimum absolute atomic E-state index is 0.209. The molecular formula is C18H18F3N3O2. The molecule has 8 heteroatoms. The standard InChI is InChI=1S/C18H18F3N3O2/c19-18(20,21)15-6-7-16(22-12-15)23-8-10-24(11-9-23)17(25)26-13-14-4-2-1-3-5-14/h1-7,12H,8-11,13H2/i19-1. The number of anilines is 1. The number of nitrogens with zero attached hydrogens (tertiary/aromatic N) is 3. The lowest BCUT2D eigenvalue weighted by atomic mass is 10.2. The summed E-state index contributed by atoms with van der Waals surface area (Å²) in [6, 6.07) is 11.8. The van der Waals surface area contributed by atoms with Gasteiger partial charge in [-0.15, -0.1) is 0 Å². The molecule has 1 fully saturated rings. The zero-order valence-corrected chi connectivity index (χ0v) is 13.9. The maximum atomic E-state index is 12.6. The number of alkyl halides is 3. The zero-order valence-electron chi connectivity index (χ0n) is 13.9. The summed E-state index contributed by atoms with van der Waals surface area (Å²) in [7, 11) is 0. The van der Waals surface area contributed by atoms with Gasteiger partial charge in [0.25, 0.3) is 0 Å². The number of aromatic nitrogens is 1. The van der Waals surface area contributed by atoms with Crippen LogP contribution in [0.25, 0.3) is 0 Å². The molecule has 1 saturated heterocycles. The van der Waals surface area contributed by atoms with Gasteiger partial charge in [0.2, 0.25) is 0 Å². The van der Waals surface area contributed by atoms with E-state index in [1.165, 1.54) is 6.07 Å². The number of halogens is 3. The van der Waals surface area contributed by atoms with Crippen LogP contribution < -0.4 is 4.90 Å². The molecule has 1 aliphatic heterocycles. The van der Waals surface area contributed by atoms with Crippen molar-refractivity contribution in [3.63, 3.8) is 0 Å². The van der Waals surface area contributed by atoms with Gasteiger partial charge in [0, 0.05) is 32.4 Å². The van der Waals surface area contributed by atoms with Crippen molar-refractivity contribution < 1.29 is 22.7 Å². The SMILES string of the molecule is O=C(OCc1ccccc1)N1CCN(c2ccc(C(F)(F)[18F])cn2)CC1. The molecule has 0 N–H and O–H groups in total. The second-order valence-corrected chi connectivity index (χ2v) is 5.92. The summed E-state index contributed by atoms with van der Waals surface area (Å²) in [5.74, 6) is 0.468. The highest BCUT2D eigenvalue weighted by Crippen LogP contribution is 2.29. The molecule has 2 aromatic rings. The van der Waals surface area contributed by atoms with Crippen LogP contribution in [0.4, 0.5) is 23.8 Å². The highest BCUT2D eigenvalue weighted by molar-refractivity contribution is 5.68. The Kier molecular flexibility index (Phi) is 5.29. The Morgan fingerprint density at radius 2 is 1.73 bits per heavy atom. The molecule has 1 aromatic carbocycles. The van der Waals surface area contributed by atoms with Gasteiger partial charge in [-0.05, 0) is 17.7 Å². The van der Waals surface area contributed by atoms with Crippen molar-refractivity contribution in [3.8, 4) is 0 Å². The molecule has 0 spiro atoms. The minimum atomic E-state index is -4.40. The molecule has 1 amide bonds. The normalized spacial score (nSPS) is 15.0. The Hall–Kier alpha value is -2.77. The van der Waals surface area contributed by atoms with Crippen molar-refractivity contribution in [3.05, 3.63) is 59.8 Å². The van der Waals surface area contributed by atoms with Crippen LogP contribution in [-0.2, 0) is 17.5 Å². The van der Waals surface area contributed by atoms with E-state index in [-0.39, 0.29) is 6.61 Å². The van der Waals surface area contributed by atoms with Crippen molar-refractivity contribution in [2.45, 2.75) is 12.8 Å². The second kappa shape index (κ2) is 7.63. The molecule has 2 heterocycles.